The zero-order valence-corrected chi connectivity index (χ0v) is 10.6. The molecule has 2 heterocycles. The van der Waals surface area contributed by atoms with E-state index in [4.69, 9.17) is 4.74 Å². The molecule has 0 radical (unpaired) electrons. The van der Waals surface area contributed by atoms with Crippen LogP contribution in [0, 0.1) is 19.8 Å². The lowest BCUT2D eigenvalue weighted by Gasteiger charge is -2.24. The number of nitrogens with zero attached hydrogens (tertiary/aromatic N) is 1. The highest BCUT2D eigenvalue weighted by Gasteiger charge is 2.19. The van der Waals surface area contributed by atoms with Crippen LogP contribution >= 0.6 is 0 Å². The van der Waals surface area contributed by atoms with Gasteiger partial charge in [-0.2, -0.15) is 0 Å². The van der Waals surface area contributed by atoms with Crippen LogP contribution in [0.1, 0.15) is 42.3 Å². The maximum absolute atomic E-state index is 10.3. The van der Waals surface area contributed by atoms with E-state index >= 15 is 0 Å². The Morgan fingerprint density at radius 1 is 1.29 bits per heavy atom. The molecular formula is C14H21NO2. The summed E-state index contributed by atoms with van der Waals surface area (Å²) in [6.07, 6.45) is 2.62. The SMILES string of the molecule is Cc1cc(C(O)CC2CCOCC2)cc(C)n1. The van der Waals surface area contributed by atoms with Crippen molar-refractivity contribution < 1.29 is 9.84 Å². The molecule has 94 valence electrons. The first-order valence-electron chi connectivity index (χ1n) is 6.36. The van der Waals surface area contributed by atoms with Gasteiger partial charge in [-0.25, -0.2) is 0 Å². The highest BCUT2D eigenvalue weighted by molar-refractivity contribution is 5.22. The molecule has 0 aromatic carbocycles. The van der Waals surface area contributed by atoms with Gasteiger partial charge in [-0.15, -0.1) is 0 Å². The number of aromatic nitrogens is 1. The number of aliphatic hydroxyl groups is 1. The fourth-order valence-corrected chi connectivity index (χ4v) is 2.49. The third kappa shape index (κ3) is 3.51. The van der Waals surface area contributed by atoms with E-state index in [9.17, 15) is 5.11 Å². The van der Waals surface area contributed by atoms with Gasteiger partial charge in [0.05, 0.1) is 6.10 Å². The Labute approximate surface area is 103 Å². The molecule has 0 amide bonds. The molecule has 1 N–H and O–H groups in total. The smallest absolute Gasteiger partial charge is 0.0794 e. The molecule has 1 saturated heterocycles. The van der Waals surface area contributed by atoms with Gasteiger partial charge in [0, 0.05) is 24.6 Å². The van der Waals surface area contributed by atoms with Crippen molar-refractivity contribution in [2.45, 2.75) is 39.2 Å². The lowest BCUT2D eigenvalue weighted by molar-refractivity contribution is 0.0435. The third-order valence-corrected chi connectivity index (χ3v) is 3.39. The van der Waals surface area contributed by atoms with Crippen molar-refractivity contribution in [3.63, 3.8) is 0 Å². The summed E-state index contributed by atoms with van der Waals surface area (Å²) in [6.45, 7) is 5.62. The van der Waals surface area contributed by atoms with Gasteiger partial charge >= 0.3 is 0 Å². The second kappa shape index (κ2) is 5.61. The van der Waals surface area contributed by atoms with Crippen LogP contribution in [0.15, 0.2) is 12.1 Å². The van der Waals surface area contributed by atoms with Gasteiger partial charge in [-0.1, -0.05) is 0 Å². The van der Waals surface area contributed by atoms with Gasteiger partial charge in [-0.05, 0) is 56.7 Å². The van der Waals surface area contributed by atoms with E-state index in [-0.39, 0.29) is 6.10 Å². The normalized spacial score (nSPS) is 19.2. The molecule has 1 fully saturated rings. The van der Waals surface area contributed by atoms with Crippen molar-refractivity contribution in [3.05, 3.63) is 29.1 Å². The molecule has 1 aromatic heterocycles. The molecule has 3 heteroatoms. The van der Waals surface area contributed by atoms with Crippen LogP contribution in [0.2, 0.25) is 0 Å². The van der Waals surface area contributed by atoms with E-state index in [2.05, 4.69) is 4.98 Å². The Bertz CT molecular complexity index is 352. The summed E-state index contributed by atoms with van der Waals surface area (Å²) in [5.41, 5.74) is 2.96. The molecule has 1 aliphatic rings. The molecule has 0 bridgehead atoms. The summed E-state index contributed by atoms with van der Waals surface area (Å²) in [5, 5.41) is 10.3. The van der Waals surface area contributed by atoms with Crippen LogP contribution in [-0.4, -0.2) is 23.3 Å². The highest BCUT2D eigenvalue weighted by Crippen LogP contribution is 2.27. The van der Waals surface area contributed by atoms with Crippen LogP contribution in [0.5, 0.6) is 0 Å². The Hall–Kier alpha value is -0.930. The first-order valence-corrected chi connectivity index (χ1v) is 6.36. The molecule has 3 nitrogen and oxygen atoms in total. The predicted octanol–water partition coefficient (Wildman–Crippen LogP) is 2.55. The molecule has 1 atom stereocenters. The number of pyridine rings is 1. The summed E-state index contributed by atoms with van der Waals surface area (Å²) < 4.78 is 5.33. The fraction of sp³-hybridized carbons (Fsp3) is 0.643. The number of hydrogen-bond acceptors (Lipinski definition) is 3. The Morgan fingerprint density at radius 2 is 1.88 bits per heavy atom. The van der Waals surface area contributed by atoms with E-state index in [0.717, 1.165) is 49.4 Å². The minimum atomic E-state index is -0.363. The molecule has 1 unspecified atom stereocenters. The van der Waals surface area contributed by atoms with Gasteiger partial charge in [0.2, 0.25) is 0 Å². The zero-order chi connectivity index (χ0) is 12.3. The number of rotatable bonds is 3. The molecule has 0 saturated carbocycles. The monoisotopic (exact) mass is 235 g/mol. The lowest BCUT2D eigenvalue weighted by atomic mass is 9.91. The van der Waals surface area contributed by atoms with Crippen molar-refractivity contribution in [1.29, 1.82) is 0 Å². The molecule has 1 aliphatic heterocycles. The fourth-order valence-electron chi connectivity index (χ4n) is 2.49. The van der Waals surface area contributed by atoms with E-state index in [1.807, 2.05) is 26.0 Å². The van der Waals surface area contributed by atoms with E-state index < -0.39 is 0 Å². The standard InChI is InChI=1S/C14H21NO2/c1-10-7-13(8-11(2)15-10)14(16)9-12-3-5-17-6-4-12/h7-8,12,14,16H,3-6,9H2,1-2H3. The lowest BCUT2D eigenvalue weighted by Crippen LogP contribution is -2.18. The molecule has 0 spiro atoms. The molecule has 17 heavy (non-hydrogen) atoms. The van der Waals surface area contributed by atoms with Gasteiger partial charge in [-0.3, -0.25) is 4.98 Å². The van der Waals surface area contributed by atoms with Gasteiger partial charge < -0.3 is 9.84 Å². The summed E-state index contributed by atoms with van der Waals surface area (Å²) in [5.74, 6) is 0.590. The van der Waals surface area contributed by atoms with Crippen molar-refractivity contribution in [3.8, 4) is 0 Å². The highest BCUT2D eigenvalue weighted by atomic mass is 16.5. The van der Waals surface area contributed by atoms with Crippen LogP contribution in [0.25, 0.3) is 0 Å². The maximum Gasteiger partial charge on any atom is 0.0794 e. The Kier molecular flexibility index (Phi) is 4.13. The molecular weight excluding hydrogens is 214 g/mol. The average Bonchev–Trinajstić information content (AvgIpc) is 2.29. The van der Waals surface area contributed by atoms with Crippen LogP contribution in [0.4, 0.5) is 0 Å². The quantitative estimate of drug-likeness (QED) is 0.875. The minimum Gasteiger partial charge on any atom is -0.388 e. The molecule has 1 aromatic rings. The second-order valence-corrected chi connectivity index (χ2v) is 4.99. The zero-order valence-electron chi connectivity index (χ0n) is 10.6. The molecule has 2 rings (SSSR count). The number of aryl methyl sites for hydroxylation is 2. The van der Waals surface area contributed by atoms with Crippen molar-refractivity contribution >= 4 is 0 Å². The van der Waals surface area contributed by atoms with Gasteiger partial charge in [0.1, 0.15) is 0 Å². The largest absolute Gasteiger partial charge is 0.388 e. The minimum absolute atomic E-state index is 0.363. The van der Waals surface area contributed by atoms with Gasteiger partial charge in [0.15, 0.2) is 0 Å². The Balaban J connectivity index is 2.00. The van der Waals surface area contributed by atoms with Crippen LogP contribution < -0.4 is 0 Å². The summed E-state index contributed by atoms with van der Waals surface area (Å²) in [6, 6.07) is 3.97. The van der Waals surface area contributed by atoms with Crippen molar-refractivity contribution in [2.75, 3.05) is 13.2 Å². The number of ether oxygens (including phenoxy) is 1. The summed E-state index contributed by atoms with van der Waals surface area (Å²) in [4.78, 5) is 4.33. The van der Waals surface area contributed by atoms with Crippen LogP contribution in [-0.2, 0) is 4.74 Å². The number of aliphatic hydroxyl groups excluding tert-OH is 1. The van der Waals surface area contributed by atoms with Crippen molar-refractivity contribution in [2.24, 2.45) is 5.92 Å². The first kappa shape index (κ1) is 12.5. The maximum atomic E-state index is 10.3. The summed E-state index contributed by atoms with van der Waals surface area (Å²) in [7, 11) is 0. The summed E-state index contributed by atoms with van der Waals surface area (Å²) >= 11 is 0. The van der Waals surface area contributed by atoms with E-state index in [1.54, 1.807) is 0 Å². The topological polar surface area (TPSA) is 42.4 Å². The Morgan fingerprint density at radius 3 is 2.47 bits per heavy atom. The third-order valence-electron chi connectivity index (χ3n) is 3.39. The average molecular weight is 235 g/mol. The number of hydrogen-bond donors (Lipinski definition) is 1. The van der Waals surface area contributed by atoms with Crippen molar-refractivity contribution in [1.82, 2.24) is 4.98 Å². The van der Waals surface area contributed by atoms with E-state index in [1.165, 1.54) is 0 Å². The van der Waals surface area contributed by atoms with E-state index in [0.29, 0.717) is 5.92 Å². The predicted molar refractivity (Wildman–Crippen MR) is 66.8 cm³/mol. The molecule has 0 aliphatic carbocycles. The van der Waals surface area contributed by atoms with Gasteiger partial charge in [0.25, 0.3) is 0 Å². The van der Waals surface area contributed by atoms with Crippen LogP contribution in [0.3, 0.4) is 0 Å². The second-order valence-electron chi connectivity index (χ2n) is 4.99. The first-order chi connectivity index (χ1) is 8.15.